The lowest BCUT2D eigenvalue weighted by atomic mass is 9.55. The summed E-state index contributed by atoms with van der Waals surface area (Å²) in [6.07, 6.45) is 13.2. The second-order valence-corrected chi connectivity index (χ2v) is 11.1. The van der Waals surface area contributed by atoms with Crippen molar-refractivity contribution in [2.45, 2.75) is 57.3 Å². The number of nitrogens with zero attached hydrogens (tertiary/aromatic N) is 2. The highest BCUT2D eigenvalue weighted by Gasteiger charge is 2.83. The Kier molecular flexibility index (Phi) is 4.64. The summed E-state index contributed by atoms with van der Waals surface area (Å²) in [7, 11) is 0. The summed E-state index contributed by atoms with van der Waals surface area (Å²) in [4.78, 5) is 34.8. The van der Waals surface area contributed by atoms with E-state index in [1.54, 1.807) is 6.20 Å². The highest BCUT2D eigenvalue weighted by Crippen LogP contribution is 2.80. The number of rotatable bonds is 8. The normalized spacial score (nSPS) is 36.0. The summed E-state index contributed by atoms with van der Waals surface area (Å²) in [5.74, 6) is -0.906. The van der Waals surface area contributed by atoms with Crippen LogP contribution in [0.1, 0.15) is 54.8 Å². The lowest BCUT2D eigenvalue weighted by molar-refractivity contribution is -0.143. The van der Waals surface area contributed by atoms with Crippen LogP contribution >= 0.6 is 11.3 Å². The molecule has 2 saturated carbocycles. The highest BCUT2D eigenvalue weighted by molar-refractivity contribution is 7.11. The van der Waals surface area contributed by atoms with Crippen LogP contribution in [0.5, 0.6) is 0 Å². The van der Waals surface area contributed by atoms with Crippen molar-refractivity contribution in [1.82, 2.24) is 9.88 Å². The van der Waals surface area contributed by atoms with Crippen molar-refractivity contribution in [2.24, 2.45) is 34.1 Å². The first-order valence-corrected chi connectivity index (χ1v) is 12.1. The van der Waals surface area contributed by atoms with E-state index in [0.29, 0.717) is 11.4 Å². The number of likely N-dealkylation sites (tertiary alicyclic amines) is 1. The van der Waals surface area contributed by atoms with Crippen LogP contribution in [-0.4, -0.2) is 41.3 Å². The van der Waals surface area contributed by atoms with Gasteiger partial charge in [0, 0.05) is 17.0 Å². The zero-order valence-electron chi connectivity index (χ0n) is 17.7. The number of thiazole rings is 1. The Hall–Kier alpha value is -1.73. The van der Waals surface area contributed by atoms with Crippen LogP contribution in [0, 0.1) is 29.6 Å². The number of allylic oxidation sites excluding steroid dienone is 2. The lowest BCUT2D eigenvalue weighted by Crippen LogP contribution is -2.62. The first kappa shape index (κ1) is 20.2. The Bertz CT molecular complexity index is 901. The molecule has 162 valence electrons. The minimum absolute atomic E-state index is 0.0176. The standard InChI is InChI=1S/C23H32N4O2S/c1-15-14-26-20(30-15)23(19(25)29)17-7-6-16(21(17)9-10-21)22(23,18(24)28)8-2-3-11-27-12-4-5-13-27/h6-7,14,16-17H,2-5,8-13H2,1H3,(H2,24,28)(H2,25,29)/t16-,17+,22+,23-/m1/s1. The summed E-state index contributed by atoms with van der Waals surface area (Å²) >= 11 is 1.50. The number of primary amides is 2. The van der Waals surface area contributed by atoms with Crippen molar-refractivity contribution in [1.29, 1.82) is 0 Å². The van der Waals surface area contributed by atoms with E-state index >= 15 is 0 Å². The largest absolute Gasteiger partial charge is 0.369 e. The second kappa shape index (κ2) is 6.89. The average Bonchev–Trinajstić information content (AvgIpc) is 3.04. The van der Waals surface area contributed by atoms with Gasteiger partial charge in [-0.15, -0.1) is 11.3 Å². The topological polar surface area (TPSA) is 102 Å². The van der Waals surface area contributed by atoms with Gasteiger partial charge in [-0.05, 0) is 76.4 Å². The molecule has 4 aliphatic rings. The maximum absolute atomic E-state index is 13.3. The number of hydrogen-bond acceptors (Lipinski definition) is 5. The SMILES string of the molecule is Cc1cnc([C@]2(C(N)=O)[C@H]3C=C[C@H](C34CC4)[C@@]2(CCCCN2CCCC2)C(N)=O)s1. The van der Waals surface area contributed by atoms with Crippen LogP contribution in [0.2, 0.25) is 0 Å². The first-order chi connectivity index (χ1) is 14.4. The van der Waals surface area contributed by atoms with Crippen molar-refractivity contribution in [2.75, 3.05) is 19.6 Å². The van der Waals surface area contributed by atoms with E-state index in [1.807, 2.05) is 6.92 Å². The lowest BCUT2D eigenvalue weighted by Gasteiger charge is -2.46. The molecular weight excluding hydrogens is 396 g/mol. The van der Waals surface area contributed by atoms with Crippen molar-refractivity contribution >= 4 is 23.2 Å². The monoisotopic (exact) mass is 428 g/mol. The van der Waals surface area contributed by atoms with Crippen molar-refractivity contribution < 1.29 is 9.59 Å². The zero-order valence-corrected chi connectivity index (χ0v) is 18.5. The predicted molar refractivity (Wildman–Crippen MR) is 117 cm³/mol. The molecule has 0 aromatic carbocycles. The van der Waals surface area contributed by atoms with E-state index in [2.05, 4.69) is 22.0 Å². The molecule has 3 aliphatic carbocycles. The predicted octanol–water partition coefficient (Wildman–Crippen LogP) is 2.51. The van der Waals surface area contributed by atoms with Crippen LogP contribution in [0.15, 0.2) is 18.3 Å². The fraction of sp³-hybridized carbons (Fsp3) is 0.696. The Morgan fingerprint density at radius 2 is 1.83 bits per heavy atom. The van der Waals surface area contributed by atoms with E-state index in [1.165, 1.54) is 37.3 Å². The Morgan fingerprint density at radius 1 is 1.13 bits per heavy atom. The van der Waals surface area contributed by atoms with Gasteiger partial charge >= 0.3 is 0 Å². The molecule has 2 bridgehead atoms. The summed E-state index contributed by atoms with van der Waals surface area (Å²) in [6.45, 7) is 5.36. The maximum Gasteiger partial charge on any atom is 0.232 e. The number of aryl methyl sites for hydroxylation is 1. The molecule has 5 rings (SSSR count). The summed E-state index contributed by atoms with van der Waals surface area (Å²) in [5, 5.41) is 0.689. The molecular formula is C23H32N4O2S. The molecule has 1 aromatic rings. The fourth-order valence-electron chi connectivity index (χ4n) is 7.23. The Labute approximate surface area is 182 Å². The van der Waals surface area contributed by atoms with E-state index in [0.717, 1.165) is 37.1 Å². The highest BCUT2D eigenvalue weighted by atomic mass is 32.1. The van der Waals surface area contributed by atoms with E-state index < -0.39 is 16.7 Å². The Morgan fingerprint density at radius 3 is 2.40 bits per heavy atom. The third kappa shape index (κ3) is 2.42. The van der Waals surface area contributed by atoms with Gasteiger partial charge < -0.3 is 16.4 Å². The van der Waals surface area contributed by atoms with Gasteiger partial charge in [0.25, 0.3) is 0 Å². The minimum atomic E-state index is -1.12. The number of hydrogen-bond donors (Lipinski definition) is 2. The molecule has 1 aliphatic heterocycles. The van der Waals surface area contributed by atoms with Crippen molar-refractivity contribution in [3.8, 4) is 0 Å². The smallest absolute Gasteiger partial charge is 0.232 e. The van der Waals surface area contributed by atoms with Crippen LogP contribution in [0.3, 0.4) is 0 Å². The van der Waals surface area contributed by atoms with E-state index in [4.69, 9.17) is 11.5 Å². The minimum Gasteiger partial charge on any atom is -0.369 e. The number of carbonyl (C=O) groups is 2. The third-order valence-electron chi connectivity index (χ3n) is 8.54. The number of nitrogens with two attached hydrogens (primary N) is 2. The molecule has 2 amide bonds. The van der Waals surface area contributed by atoms with Gasteiger partial charge in [-0.3, -0.25) is 9.59 Å². The number of unbranched alkanes of at least 4 members (excludes halogenated alkanes) is 1. The molecule has 0 unspecified atom stereocenters. The Balaban J connectivity index is 1.55. The number of carbonyl (C=O) groups excluding carboxylic acids is 2. The molecule has 1 saturated heterocycles. The van der Waals surface area contributed by atoms with Gasteiger partial charge in [-0.2, -0.15) is 0 Å². The van der Waals surface area contributed by atoms with Gasteiger partial charge in [0.05, 0.1) is 5.41 Å². The molecule has 4 N–H and O–H groups in total. The number of aromatic nitrogens is 1. The maximum atomic E-state index is 13.3. The van der Waals surface area contributed by atoms with Gasteiger partial charge in [-0.25, -0.2) is 4.98 Å². The summed E-state index contributed by atoms with van der Waals surface area (Å²) < 4.78 is 0. The molecule has 1 aromatic heterocycles. The molecule has 6 nitrogen and oxygen atoms in total. The fourth-order valence-corrected chi connectivity index (χ4v) is 8.31. The molecule has 30 heavy (non-hydrogen) atoms. The van der Waals surface area contributed by atoms with Gasteiger partial charge in [0.2, 0.25) is 11.8 Å². The molecule has 1 spiro atoms. The van der Waals surface area contributed by atoms with E-state index in [9.17, 15) is 9.59 Å². The van der Waals surface area contributed by atoms with Crippen LogP contribution in [0.4, 0.5) is 0 Å². The van der Waals surface area contributed by atoms with Gasteiger partial charge in [-0.1, -0.05) is 18.6 Å². The zero-order chi connectivity index (χ0) is 21.1. The quantitative estimate of drug-likeness (QED) is 0.490. The molecule has 3 fully saturated rings. The van der Waals surface area contributed by atoms with Crippen LogP contribution in [-0.2, 0) is 15.0 Å². The van der Waals surface area contributed by atoms with Crippen LogP contribution in [0.25, 0.3) is 0 Å². The van der Waals surface area contributed by atoms with Gasteiger partial charge in [0.1, 0.15) is 10.4 Å². The van der Waals surface area contributed by atoms with Gasteiger partial charge in [0.15, 0.2) is 0 Å². The van der Waals surface area contributed by atoms with Crippen molar-refractivity contribution in [3.05, 3.63) is 28.2 Å². The molecule has 2 heterocycles. The third-order valence-corrected chi connectivity index (χ3v) is 9.59. The summed E-state index contributed by atoms with van der Waals surface area (Å²) in [5.41, 5.74) is 10.3. The first-order valence-electron chi connectivity index (χ1n) is 11.3. The summed E-state index contributed by atoms with van der Waals surface area (Å²) in [6, 6.07) is 0. The van der Waals surface area contributed by atoms with Crippen LogP contribution < -0.4 is 11.5 Å². The molecule has 7 heteroatoms. The van der Waals surface area contributed by atoms with E-state index in [-0.39, 0.29) is 23.2 Å². The molecule has 4 atom stereocenters. The van der Waals surface area contributed by atoms with Crippen molar-refractivity contribution in [3.63, 3.8) is 0 Å². The molecule has 0 radical (unpaired) electrons. The number of amides is 2. The average molecular weight is 429 g/mol. The second-order valence-electron chi connectivity index (χ2n) is 9.86.